The number of aromatic nitrogens is 1. The highest BCUT2D eigenvalue weighted by atomic mass is 35.5. The Hall–Kier alpha value is -0.910. The van der Waals surface area contributed by atoms with Crippen molar-refractivity contribution in [2.45, 2.75) is 19.5 Å². The van der Waals surface area contributed by atoms with Crippen molar-refractivity contribution < 1.29 is 4.92 Å². The molecular weight excluding hydrogens is 241 g/mol. The van der Waals surface area contributed by atoms with Crippen molar-refractivity contribution in [3.8, 4) is 0 Å². The summed E-state index contributed by atoms with van der Waals surface area (Å²) in [6, 6.07) is 1.79. The van der Waals surface area contributed by atoms with Gasteiger partial charge in [-0.25, -0.2) is 0 Å². The van der Waals surface area contributed by atoms with Crippen molar-refractivity contribution in [1.82, 2.24) is 10.3 Å². The minimum Gasteiger partial charge on any atom is -0.305 e. The predicted molar refractivity (Wildman–Crippen MR) is 60.6 cm³/mol. The van der Waals surface area contributed by atoms with Crippen LogP contribution in [0.3, 0.4) is 0 Å². The predicted octanol–water partition coefficient (Wildman–Crippen LogP) is 2.00. The van der Waals surface area contributed by atoms with Gasteiger partial charge in [0.15, 0.2) is 0 Å². The molecule has 1 aliphatic rings. The lowest BCUT2D eigenvalue weighted by atomic mass is 10.1. The molecule has 15 heavy (non-hydrogen) atoms. The number of nitrogens with one attached hydrogen (secondary N) is 1. The van der Waals surface area contributed by atoms with Gasteiger partial charge < -0.3 is 5.32 Å². The van der Waals surface area contributed by atoms with Crippen LogP contribution in [-0.4, -0.2) is 9.91 Å². The quantitative estimate of drug-likeness (QED) is 0.613. The van der Waals surface area contributed by atoms with E-state index in [1.165, 1.54) is 6.20 Å². The van der Waals surface area contributed by atoms with Gasteiger partial charge in [0.25, 0.3) is 5.69 Å². The van der Waals surface area contributed by atoms with Crippen LogP contribution in [0.25, 0.3) is 0 Å². The third kappa shape index (κ3) is 2.56. The van der Waals surface area contributed by atoms with Crippen molar-refractivity contribution in [2.24, 2.45) is 0 Å². The molecule has 84 valence electrons. The van der Waals surface area contributed by atoms with Gasteiger partial charge in [-0.05, 0) is 12.5 Å². The van der Waals surface area contributed by atoms with E-state index in [0.29, 0.717) is 6.54 Å². The summed E-state index contributed by atoms with van der Waals surface area (Å²) >= 11 is 0. The summed E-state index contributed by atoms with van der Waals surface area (Å²) in [5, 5.41) is 13.6. The molecule has 0 saturated carbocycles. The highest BCUT2D eigenvalue weighted by Crippen LogP contribution is 2.25. The topological polar surface area (TPSA) is 68.1 Å². The van der Waals surface area contributed by atoms with Gasteiger partial charge >= 0.3 is 0 Å². The molecule has 1 unspecified atom stereocenters. The molecule has 1 N–H and O–H groups in total. The Balaban J connectivity index is 0.000000980. The maximum absolute atomic E-state index is 10.4. The van der Waals surface area contributed by atoms with Gasteiger partial charge in [-0.1, -0.05) is 0 Å². The van der Waals surface area contributed by atoms with E-state index in [-0.39, 0.29) is 36.5 Å². The molecule has 0 fully saturated rings. The van der Waals surface area contributed by atoms with Gasteiger partial charge in [-0.2, -0.15) is 0 Å². The molecule has 0 amide bonds. The van der Waals surface area contributed by atoms with Crippen molar-refractivity contribution in [2.75, 3.05) is 0 Å². The third-order valence-corrected chi connectivity index (χ3v) is 2.21. The van der Waals surface area contributed by atoms with Crippen molar-refractivity contribution in [3.05, 3.63) is 33.6 Å². The first kappa shape index (κ1) is 14.1. The zero-order valence-electron chi connectivity index (χ0n) is 7.97. The lowest BCUT2D eigenvalue weighted by Gasteiger charge is -2.01. The number of pyridine rings is 1. The van der Waals surface area contributed by atoms with Crippen molar-refractivity contribution >= 4 is 30.5 Å². The fourth-order valence-corrected chi connectivity index (χ4v) is 1.50. The van der Waals surface area contributed by atoms with E-state index in [1.54, 1.807) is 6.07 Å². The van der Waals surface area contributed by atoms with Gasteiger partial charge in [0.05, 0.1) is 10.6 Å². The summed E-state index contributed by atoms with van der Waals surface area (Å²) < 4.78 is 0. The molecule has 5 nitrogen and oxygen atoms in total. The summed E-state index contributed by atoms with van der Waals surface area (Å²) in [6.07, 6.45) is 1.31. The highest BCUT2D eigenvalue weighted by molar-refractivity contribution is 5.85. The van der Waals surface area contributed by atoms with Crippen LogP contribution in [-0.2, 0) is 6.54 Å². The molecule has 0 aliphatic carbocycles. The summed E-state index contributed by atoms with van der Waals surface area (Å²) in [5.74, 6) is 0. The Labute approximate surface area is 99.2 Å². The molecule has 1 aromatic rings. The maximum Gasteiger partial charge on any atom is 0.287 e. The van der Waals surface area contributed by atoms with Gasteiger partial charge in [0.1, 0.15) is 6.20 Å². The fourth-order valence-electron chi connectivity index (χ4n) is 1.50. The lowest BCUT2D eigenvalue weighted by molar-refractivity contribution is -0.385. The Morgan fingerprint density at radius 2 is 2.27 bits per heavy atom. The first-order valence-corrected chi connectivity index (χ1v) is 4.05. The lowest BCUT2D eigenvalue weighted by Crippen LogP contribution is -2.07. The van der Waals surface area contributed by atoms with Gasteiger partial charge in [-0.3, -0.25) is 15.1 Å². The van der Waals surface area contributed by atoms with Gasteiger partial charge in [-0.15, -0.1) is 24.8 Å². The molecule has 1 aromatic heterocycles. The van der Waals surface area contributed by atoms with E-state index in [4.69, 9.17) is 0 Å². The van der Waals surface area contributed by atoms with Crippen LogP contribution in [0, 0.1) is 10.1 Å². The molecule has 0 radical (unpaired) electrons. The first-order chi connectivity index (χ1) is 6.18. The average molecular weight is 252 g/mol. The van der Waals surface area contributed by atoms with E-state index in [0.717, 1.165) is 11.3 Å². The number of hydrogen-bond acceptors (Lipinski definition) is 4. The maximum atomic E-state index is 10.4. The molecule has 0 bridgehead atoms. The SMILES string of the molecule is CC1NCc2cc([N+](=O)[O-])cnc21.Cl.Cl. The van der Waals surface area contributed by atoms with Crippen LogP contribution >= 0.6 is 24.8 Å². The number of nitro groups is 1. The van der Waals surface area contributed by atoms with Gasteiger partial charge in [0, 0.05) is 18.7 Å². The fraction of sp³-hybridized carbons (Fsp3) is 0.375. The van der Waals surface area contributed by atoms with Crippen LogP contribution in [0.4, 0.5) is 5.69 Å². The highest BCUT2D eigenvalue weighted by Gasteiger charge is 2.21. The smallest absolute Gasteiger partial charge is 0.287 e. The second kappa shape index (κ2) is 5.25. The number of halogens is 2. The normalized spacial score (nSPS) is 17.3. The summed E-state index contributed by atoms with van der Waals surface area (Å²) in [5.41, 5.74) is 1.92. The number of rotatable bonds is 1. The molecule has 0 spiro atoms. The average Bonchev–Trinajstić information content (AvgIpc) is 2.47. The van der Waals surface area contributed by atoms with E-state index in [1.807, 2.05) is 6.92 Å². The standard InChI is InChI=1S/C8H9N3O2.2ClH/c1-5-8-6(3-9-5)2-7(4-10-8)11(12)13;;/h2,4-5,9H,3H2,1H3;2*1H. The monoisotopic (exact) mass is 251 g/mol. The van der Waals surface area contributed by atoms with E-state index in [2.05, 4.69) is 10.3 Å². The van der Waals surface area contributed by atoms with Crippen LogP contribution in [0.1, 0.15) is 24.2 Å². The Morgan fingerprint density at radius 3 is 2.87 bits per heavy atom. The van der Waals surface area contributed by atoms with Crippen LogP contribution in [0.15, 0.2) is 12.3 Å². The van der Waals surface area contributed by atoms with Crippen LogP contribution in [0.2, 0.25) is 0 Å². The molecule has 7 heteroatoms. The first-order valence-electron chi connectivity index (χ1n) is 4.05. The third-order valence-electron chi connectivity index (χ3n) is 2.21. The Bertz CT molecular complexity index is 373. The van der Waals surface area contributed by atoms with E-state index in [9.17, 15) is 10.1 Å². The van der Waals surface area contributed by atoms with E-state index >= 15 is 0 Å². The zero-order chi connectivity index (χ0) is 9.42. The summed E-state index contributed by atoms with van der Waals surface area (Å²) in [4.78, 5) is 14.1. The number of fused-ring (bicyclic) bond motifs is 1. The molecule has 1 aliphatic heterocycles. The largest absolute Gasteiger partial charge is 0.305 e. The summed E-state index contributed by atoms with van der Waals surface area (Å²) in [6.45, 7) is 2.66. The molecular formula is C8H11Cl2N3O2. The second-order valence-corrected chi connectivity index (χ2v) is 3.10. The minimum absolute atomic E-state index is 0. The van der Waals surface area contributed by atoms with Crippen molar-refractivity contribution in [1.29, 1.82) is 0 Å². The second-order valence-electron chi connectivity index (χ2n) is 3.10. The van der Waals surface area contributed by atoms with Crippen molar-refractivity contribution in [3.63, 3.8) is 0 Å². The van der Waals surface area contributed by atoms with Crippen LogP contribution in [0.5, 0.6) is 0 Å². The molecule has 2 heterocycles. The number of hydrogen-bond donors (Lipinski definition) is 1. The van der Waals surface area contributed by atoms with E-state index < -0.39 is 4.92 Å². The molecule has 1 atom stereocenters. The number of nitrogens with zero attached hydrogens (tertiary/aromatic N) is 2. The summed E-state index contributed by atoms with van der Waals surface area (Å²) in [7, 11) is 0. The molecule has 2 rings (SSSR count). The Kier molecular flexibility index (Phi) is 4.93. The minimum atomic E-state index is -0.420. The Morgan fingerprint density at radius 1 is 1.60 bits per heavy atom. The zero-order valence-corrected chi connectivity index (χ0v) is 9.60. The van der Waals surface area contributed by atoms with Gasteiger partial charge in [0.2, 0.25) is 0 Å². The molecule has 0 aromatic carbocycles. The molecule has 0 saturated heterocycles. The van der Waals surface area contributed by atoms with Crippen LogP contribution < -0.4 is 5.32 Å².